The van der Waals surface area contributed by atoms with Gasteiger partial charge in [-0.1, -0.05) is 12.1 Å². The van der Waals surface area contributed by atoms with Crippen LogP contribution in [0.25, 0.3) is 5.69 Å². The smallest absolute Gasteiger partial charge is 0.0859 e. The fraction of sp³-hybridized carbons (Fsp3) is 0.429. The van der Waals surface area contributed by atoms with Gasteiger partial charge in [-0.05, 0) is 56.5 Å². The number of hydrogen-bond acceptors (Lipinski definition) is 3. The molecule has 1 aliphatic heterocycles. The number of aryl methyl sites for hydroxylation is 1. The summed E-state index contributed by atoms with van der Waals surface area (Å²) in [6.45, 7) is 4.20. The lowest BCUT2D eigenvalue weighted by Gasteiger charge is -2.23. The third-order valence-corrected chi connectivity index (χ3v) is 3.52. The minimum absolute atomic E-state index is 0.669. The molecule has 0 aliphatic carbocycles. The summed E-state index contributed by atoms with van der Waals surface area (Å²) in [6, 6.07) is 8.60. The van der Waals surface area contributed by atoms with Crippen molar-refractivity contribution < 1.29 is 0 Å². The van der Waals surface area contributed by atoms with E-state index in [2.05, 4.69) is 39.8 Å². The number of nitrogens with one attached hydrogen (secondary N) is 1. The third-order valence-electron chi connectivity index (χ3n) is 3.52. The lowest BCUT2D eigenvalue weighted by Crippen LogP contribution is -2.26. The molecule has 0 atom stereocenters. The fourth-order valence-electron chi connectivity index (χ4n) is 2.52. The van der Waals surface area contributed by atoms with E-state index in [1.54, 1.807) is 11.0 Å². The Labute approximate surface area is 107 Å². The van der Waals surface area contributed by atoms with Crippen LogP contribution in [-0.2, 0) is 0 Å². The summed E-state index contributed by atoms with van der Waals surface area (Å²) in [6.07, 6.45) is 4.22. The van der Waals surface area contributed by atoms with Crippen molar-refractivity contribution in [2.24, 2.45) is 0 Å². The van der Waals surface area contributed by atoms with E-state index in [1.165, 1.54) is 18.4 Å². The molecule has 0 radical (unpaired) electrons. The summed E-state index contributed by atoms with van der Waals surface area (Å²) < 4.78 is 0. The molecule has 4 heteroatoms. The van der Waals surface area contributed by atoms with Crippen molar-refractivity contribution in [1.82, 2.24) is 20.3 Å². The van der Waals surface area contributed by atoms with Gasteiger partial charge in [0, 0.05) is 0 Å². The molecule has 0 saturated carbocycles. The molecule has 2 heterocycles. The zero-order valence-electron chi connectivity index (χ0n) is 10.6. The minimum atomic E-state index is 0.669. The van der Waals surface area contributed by atoms with E-state index in [4.69, 9.17) is 0 Å². The van der Waals surface area contributed by atoms with Crippen molar-refractivity contribution in [2.45, 2.75) is 25.7 Å². The topological polar surface area (TPSA) is 42.7 Å². The largest absolute Gasteiger partial charge is 0.317 e. The van der Waals surface area contributed by atoms with Crippen molar-refractivity contribution >= 4 is 0 Å². The van der Waals surface area contributed by atoms with Crippen molar-refractivity contribution in [3.05, 3.63) is 41.7 Å². The summed E-state index contributed by atoms with van der Waals surface area (Å²) in [4.78, 5) is 1.71. The molecule has 0 bridgehead atoms. The van der Waals surface area contributed by atoms with Gasteiger partial charge in [0.2, 0.25) is 0 Å². The van der Waals surface area contributed by atoms with Crippen molar-refractivity contribution in [3.63, 3.8) is 0 Å². The highest BCUT2D eigenvalue weighted by molar-refractivity contribution is 5.36. The second-order valence-electron chi connectivity index (χ2n) is 4.89. The Hall–Kier alpha value is -1.68. The summed E-state index contributed by atoms with van der Waals surface area (Å²) in [5, 5.41) is 12.0. The molecule has 0 unspecified atom stereocenters. The first kappa shape index (κ1) is 11.4. The standard InChI is InChI=1S/C14H18N4/c1-11-10-16-18(17-11)14-4-2-3-13(9-14)12-5-7-15-8-6-12/h2-4,9-10,12,15H,5-8H2,1H3. The van der Waals surface area contributed by atoms with Crippen LogP contribution in [0.4, 0.5) is 0 Å². The summed E-state index contributed by atoms with van der Waals surface area (Å²) in [7, 11) is 0. The Morgan fingerprint density at radius 1 is 1.28 bits per heavy atom. The Bertz CT molecular complexity index is 526. The van der Waals surface area contributed by atoms with Crippen LogP contribution in [0.15, 0.2) is 30.5 Å². The van der Waals surface area contributed by atoms with Gasteiger partial charge in [0.15, 0.2) is 0 Å². The second kappa shape index (κ2) is 4.90. The second-order valence-corrected chi connectivity index (χ2v) is 4.89. The molecule has 3 rings (SSSR count). The van der Waals surface area contributed by atoms with Crippen LogP contribution in [0, 0.1) is 6.92 Å². The molecule has 2 aromatic rings. The summed E-state index contributed by atoms with van der Waals surface area (Å²) in [5.41, 5.74) is 3.41. The van der Waals surface area contributed by atoms with Crippen molar-refractivity contribution in [2.75, 3.05) is 13.1 Å². The van der Waals surface area contributed by atoms with Gasteiger partial charge in [0.25, 0.3) is 0 Å². The minimum Gasteiger partial charge on any atom is -0.317 e. The highest BCUT2D eigenvalue weighted by Gasteiger charge is 2.15. The van der Waals surface area contributed by atoms with Gasteiger partial charge >= 0.3 is 0 Å². The number of hydrogen-bond donors (Lipinski definition) is 1. The first-order chi connectivity index (χ1) is 8.83. The zero-order valence-corrected chi connectivity index (χ0v) is 10.6. The maximum atomic E-state index is 4.36. The summed E-state index contributed by atoms with van der Waals surface area (Å²) in [5.74, 6) is 0.669. The van der Waals surface area contributed by atoms with E-state index >= 15 is 0 Å². The van der Waals surface area contributed by atoms with Crippen LogP contribution in [-0.4, -0.2) is 28.1 Å². The highest BCUT2D eigenvalue weighted by Crippen LogP contribution is 2.26. The van der Waals surface area contributed by atoms with E-state index in [0.29, 0.717) is 5.92 Å². The molecular formula is C14H18N4. The van der Waals surface area contributed by atoms with Gasteiger partial charge in [-0.3, -0.25) is 0 Å². The fourth-order valence-corrected chi connectivity index (χ4v) is 2.52. The first-order valence-electron chi connectivity index (χ1n) is 6.53. The molecule has 4 nitrogen and oxygen atoms in total. The average Bonchev–Trinajstić information content (AvgIpc) is 2.87. The molecule has 1 aromatic heterocycles. The average molecular weight is 242 g/mol. The van der Waals surface area contributed by atoms with E-state index in [9.17, 15) is 0 Å². The molecule has 18 heavy (non-hydrogen) atoms. The number of nitrogens with zero attached hydrogens (tertiary/aromatic N) is 3. The van der Waals surface area contributed by atoms with Crippen LogP contribution in [0.1, 0.15) is 30.0 Å². The third kappa shape index (κ3) is 2.29. The Morgan fingerprint density at radius 2 is 2.11 bits per heavy atom. The molecule has 94 valence electrons. The van der Waals surface area contributed by atoms with Crippen molar-refractivity contribution in [1.29, 1.82) is 0 Å². The van der Waals surface area contributed by atoms with E-state index < -0.39 is 0 Å². The van der Waals surface area contributed by atoms with E-state index in [1.807, 2.05) is 6.92 Å². The number of rotatable bonds is 2. The maximum Gasteiger partial charge on any atom is 0.0859 e. The van der Waals surface area contributed by atoms with Crippen LogP contribution >= 0.6 is 0 Å². The Balaban J connectivity index is 1.88. The van der Waals surface area contributed by atoms with Gasteiger partial charge in [-0.15, -0.1) is 0 Å². The number of aromatic nitrogens is 3. The van der Waals surface area contributed by atoms with Gasteiger partial charge in [0.05, 0.1) is 17.6 Å². The SMILES string of the molecule is Cc1cnn(-c2cccc(C3CCNCC3)c2)n1. The maximum absolute atomic E-state index is 4.36. The Kier molecular flexibility index (Phi) is 3.11. The predicted molar refractivity (Wildman–Crippen MR) is 70.9 cm³/mol. The molecular weight excluding hydrogens is 224 g/mol. The molecule has 1 saturated heterocycles. The molecule has 1 fully saturated rings. The molecule has 1 aromatic carbocycles. The molecule has 0 amide bonds. The van der Waals surface area contributed by atoms with Crippen molar-refractivity contribution in [3.8, 4) is 5.69 Å². The van der Waals surface area contributed by atoms with E-state index in [-0.39, 0.29) is 0 Å². The Morgan fingerprint density at radius 3 is 2.83 bits per heavy atom. The van der Waals surface area contributed by atoms with Crippen LogP contribution in [0.5, 0.6) is 0 Å². The normalized spacial score (nSPS) is 16.9. The predicted octanol–water partition coefficient (Wildman–Crippen LogP) is 2.04. The van der Waals surface area contributed by atoms with Gasteiger partial charge in [-0.2, -0.15) is 15.0 Å². The molecule has 0 spiro atoms. The van der Waals surface area contributed by atoms with Crippen LogP contribution in [0.2, 0.25) is 0 Å². The first-order valence-corrected chi connectivity index (χ1v) is 6.53. The van der Waals surface area contributed by atoms with Gasteiger partial charge in [-0.25, -0.2) is 0 Å². The van der Waals surface area contributed by atoms with Gasteiger partial charge in [0.1, 0.15) is 0 Å². The molecule has 1 N–H and O–H groups in total. The van der Waals surface area contributed by atoms with Crippen LogP contribution < -0.4 is 5.32 Å². The monoisotopic (exact) mass is 242 g/mol. The lowest BCUT2D eigenvalue weighted by atomic mass is 9.90. The van der Waals surface area contributed by atoms with Gasteiger partial charge < -0.3 is 5.32 Å². The quantitative estimate of drug-likeness (QED) is 0.876. The zero-order chi connectivity index (χ0) is 12.4. The number of piperidine rings is 1. The summed E-state index contributed by atoms with van der Waals surface area (Å²) >= 11 is 0. The highest BCUT2D eigenvalue weighted by atomic mass is 15.5. The van der Waals surface area contributed by atoms with E-state index in [0.717, 1.165) is 24.5 Å². The lowest BCUT2D eigenvalue weighted by molar-refractivity contribution is 0.460. The molecule has 1 aliphatic rings. The number of benzene rings is 1. The van der Waals surface area contributed by atoms with Crippen LogP contribution in [0.3, 0.4) is 0 Å².